The van der Waals surface area contributed by atoms with E-state index in [1.54, 1.807) is 0 Å². The molecule has 2 fully saturated rings. The van der Waals surface area contributed by atoms with Crippen LogP contribution in [0.1, 0.15) is 33.1 Å². The lowest BCUT2D eigenvalue weighted by molar-refractivity contribution is -0.105. The smallest absolute Gasteiger partial charge is 0.0483 e. The number of hydrogen-bond acceptors (Lipinski definition) is 2. The molecule has 0 aromatic carbocycles. The van der Waals surface area contributed by atoms with E-state index in [0.29, 0.717) is 5.54 Å². The van der Waals surface area contributed by atoms with Gasteiger partial charge >= 0.3 is 0 Å². The van der Waals surface area contributed by atoms with Gasteiger partial charge in [-0.05, 0) is 33.1 Å². The predicted octanol–water partition coefficient (Wildman–Crippen LogP) is 1.65. The Morgan fingerprint density at radius 1 is 1.17 bits per heavy atom. The summed E-state index contributed by atoms with van der Waals surface area (Å²) in [5, 5.41) is 0. The van der Waals surface area contributed by atoms with Gasteiger partial charge in [0.2, 0.25) is 0 Å². The Kier molecular flexibility index (Phi) is 2.13. The predicted molar refractivity (Wildman–Crippen MR) is 49.2 cm³/mol. The van der Waals surface area contributed by atoms with Crippen molar-refractivity contribution in [1.82, 2.24) is 4.90 Å². The van der Waals surface area contributed by atoms with Crippen LogP contribution in [0.15, 0.2) is 0 Å². The molecule has 12 heavy (non-hydrogen) atoms. The molecule has 2 heteroatoms. The first-order valence-corrected chi connectivity index (χ1v) is 5.09. The fraction of sp³-hybridized carbons (Fsp3) is 1.00. The van der Waals surface area contributed by atoms with Gasteiger partial charge < -0.3 is 4.74 Å². The van der Waals surface area contributed by atoms with Crippen molar-refractivity contribution in [3.8, 4) is 0 Å². The minimum absolute atomic E-state index is 0.548. The molecular formula is C10H19NO. The average molecular weight is 169 g/mol. The molecule has 0 amide bonds. The van der Waals surface area contributed by atoms with Crippen molar-refractivity contribution < 1.29 is 4.74 Å². The van der Waals surface area contributed by atoms with Crippen molar-refractivity contribution >= 4 is 0 Å². The second-order valence-corrected chi connectivity index (χ2v) is 4.37. The van der Waals surface area contributed by atoms with Gasteiger partial charge in [-0.2, -0.15) is 0 Å². The highest BCUT2D eigenvalue weighted by molar-refractivity contribution is 5.01. The molecule has 0 bridgehead atoms. The van der Waals surface area contributed by atoms with Crippen LogP contribution in [-0.2, 0) is 4.74 Å². The van der Waals surface area contributed by atoms with Crippen LogP contribution < -0.4 is 0 Å². The van der Waals surface area contributed by atoms with Crippen molar-refractivity contribution in [1.29, 1.82) is 0 Å². The van der Waals surface area contributed by atoms with Crippen LogP contribution >= 0.6 is 0 Å². The summed E-state index contributed by atoms with van der Waals surface area (Å²) in [5.41, 5.74) is 0.548. The van der Waals surface area contributed by atoms with Crippen LogP contribution in [0.25, 0.3) is 0 Å². The highest BCUT2D eigenvalue weighted by Crippen LogP contribution is 2.40. The van der Waals surface area contributed by atoms with E-state index in [1.807, 2.05) is 0 Å². The van der Waals surface area contributed by atoms with Crippen LogP contribution in [0.2, 0.25) is 0 Å². The highest BCUT2D eigenvalue weighted by Gasteiger charge is 2.46. The quantitative estimate of drug-likeness (QED) is 0.592. The second-order valence-electron chi connectivity index (χ2n) is 4.37. The fourth-order valence-corrected chi connectivity index (χ4v) is 2.65. The fourth-order valence-electron chi connectivity index (χ4n) is 2.65. The van der Waals surface area contributed by atoms with Gasteiger partial charge in [0.25, 0.3) is 0 Å². The number of ether oxygens (including phenoxy) is 1. The Hall–Kier alpha value is -0.0800. The second kappa shape index (κ2) is 3.00. The first kappa shape index (κ1) is 8.52. The monoisotopic (exact) mass is 169 g/mol. The minimum Gasteiger partial charge on any atom is -0.381 e. The summed E-state index contributed by atoms with van der Waals surface area (Å²) in [7, 11) is 0. The molecule has 0 aliphatic carbocycles. The topological polar surface area (TPSA) is 12.5 Å². The number of nitrogens with zero attached hydrogens (tertiary/aromatic N) is 1. The molecular weight excluding hydrogens is 150 g/mol. The van der Waals surface area contributed by atoms with E-state index in [1.165, 1.54) is 25.8 Å². The third-order valence-electron chi connectivity index (χ3n) is 3.47. The Morgan fingerprint density at radius 3 is 2.25 bits per heavy atom. The van der Waals surface area contributed by atoms with Gasteiger partial charge in [-0.25, -0.2) is 0 Å². The summed E-state index contributed by atoms with van der Waals surface area (Å²) in [5.74, 6) is 0. The number of likely N-dealkylation sites (tertiary alicyclic amines) is 1. The normalized spacial score (nSPS) is 29.2. The maximum Gasteiger partial charge on any atom is 0.0483 e. The minimum atomic E-state index is 0.548. The lowest BCUT2D eigenvalue weighted by Gasteiger charge is -2.57. The molecule has 2 aliphatic heterocycles. The molecule has 2 heterocycles. The largest absolute Gasteiger partial charge is 0.381 e. The van der Waals surface area contributed by atoms with E-state index < -0.39 is 0 Å². The van der Waals surface area contributed by atoms with E-state index in [-0.39, 0.29) is 0 Å². The van der Waals surface area contributed by atoms with Crippen molar-refractivity contribution in [2.75, 3.05) is 19.8 Å². The van der Waals surface area contributed by atoms with E-state index in [2.05, 4.69) is 18.7 Å². The highest BCUT2D eigenvalue weighted by atomic mass is 16.5. The van der Waals surface area contributed by atoms with Crippen molar-refractivity contribution in [2.24, 2.45) is 0 Å². The molecule has 70 valence electrons. The van der Waals surface area contributed by atoms with Gasteiger partial charge in [-0.15, -0.1) is 0 Å². The molecule has 0 aromatic heterocycles. The van der Waals surface area contributed by atoms with Crippen LogP contribution in [0.5, 0.6) is 0 Å². The SMILES string of the molecule is CC(C)N1CCC12CCOCC2. The van der Waals surface area contributed by atoms with Crippen LogP contribution in [0.4, 0.5) is 0 Å². The maximum absolute atomic E-state index is 5.40. The molecule has 2 nitrogen and oxygen atoms in total. The molecule has 0 atom stereocenters. The summed E-state index contributed by atoms with van der Waals surface area (Å²) >= 11 is 0. The van der Waals surface area contributed by atoms with E-state index in [4.69, 9.17) is 4.74 Å². The van der Waals surface area contributed by atoms with Gasteiger partial charge in [-0.1, -0.05) is 0 Å². The zero-order valence-corrected chi connectivity index (χ0v) is 8.18. The Bertz CT molecular complexity index is 161. The van der Waals surface area contributed by atoms with Gasteiger partial charge in [0.05, 0.1) is 0 Å². The third-order valence-corrected chi connectivity index (χ3v) is 3.47. The zero-order chi connectivity index (χ0) is 8.60. The van der Waals surface area contributed by atoms with Gasteiger partial charge in [0, 0.05) is 31.3 Å². The zero-order valence-electron chi connectivity index (χ0n) is 8.18. The summed E-state index contributed by atoms with van der Waals surface area (Å²) < 4.78 is 5.40. The van der Waals surface area contributed by atoms with Crippen molar-refractivity contribution in [3.63, 3.8) is 0 Å². The summed E-state index contributed by atoms with van der Waals surface area (Å²) in [6.07, 6.45) is 3.91. The van der Waals surface area contributed by atoms with Gasteiger partial charge in [0.15, 0.2) is 0 Å². The molecule has 2 saturated heterocycles. The summed E-state index contributed by atoms with van der Waals surface area (Å²) in [6, 6.07) is 0.719. The van der Waals surface area contributed by atoms with Crippen LogP contribution in [-0.4, -0.2) is 36.2 Å². The van der Waals surface area contributed by atoms with E-state index >= 15 is 0 Å². The standard InChI is InChI=1S/C10H19NO/c1-9(2)11-6-3-10(11)4-7-12-8-5-10/h9H,3-8H2,1-2H3. The first-order chi connectivity index (χ1) is 5.75. The first-order valence-electron chi connectivity index (χ1n) is 5.09. The molecule has 0 radical (unpaired) electrons. The number of hydrogen-bond donors (Lipinski definition) is 0. The van der Waals surface area contributed by atoms with E-state index in [0.717, 1.165) is 19.3 Å². The third kappa shape index (κ3) is 1.17. The Labute approximate surface area is 74.9 Å². The molecule has 2 rings (SSSR count). The van der Waals surface area contributed by atoms with Crippen molar-refractivity contribution in [2.45, 2.75) is 44.7 Å². The Balaban J connectivity index is 2.00. The average Bonchev–Trinajstić information content (AvgIpc) is 2.03. The van der Waals surface area contributed by atoms with Gasteiger partial charge in [0.1, 0.15) is 0 Å². The molecule has 0 saturated carbocycles. The lowest BCUT2D eigenvalue weighted by Crippen LogP contribution is -2.64. The molecule has 0 N–H and O–H groups in total. The Morgan fingerprint density at radius 2 is 1.83 bits per heavy atom. The summed E-state index contributed by atoms with van der Waals surface area (Å²) in [6.45, 7) is 7.86. The summed E-state index contributed by atoms with van der Waals surface area (Å²) in [4.78, 5) is 2.65. The van der Waals surface area contributed by atoms with Gasteiger partial charge in [-0.3, -0.25) is 4.90 Å². The maximum atomic E-state index is 5.40. The van der Waals surface area contributed by atoms with Crippen LogP contribution in [0.3, 0.4) is 0 Å². The number of rotatable bonds is 1. The van der Waals surface area contributed by atoms with Crippen LogP contribution in [0, 0.1) is 0 Å². The molecule has 1 spiro atoms. The van der Waals surface area contributed by atoms with E-state index in [9.17, 15) is 0 Å². The lowest BCUT2D eigenvalue weighted by atomic mass is 9.77. The molecule has 2 aliphatic rings. The molecule has 0 aromatic rings. The van der Waals surface area contributed by atoms with Crippen molar-refractivity contribution in [3.05, 3.63) is 0 Å². The molecule has 0 unspecified atom stereocenters.